The fourth-order valence-electron chi connectivity index (χ4n) is 3.25. The highest BCUT2D eigenvalue weighted by atomic mass is 32.1. The summed E-state index contributed by atoms with van der Waals surface area (Å²) in [4.78, 5) is 33.4. The van der Waals surface area contributed by atoms with Crippen molar-refractivity contribution in [3.05, 3.63) is 62.8 Å². The molecule has 0 fully saturated rings. The molecule has 0 spiro atoms. The van der Waals surface area contributed by atoms with Crippen LogP contribution in [0.25, 0.3) is 10.6 Å². The second-order valence-corrected chi connectivity index (χ2v) is 8.73. The second-order valence-electron chi connectivity index (χ2n) is 6.73. The zero-order chi connectivity index (χ0) is 19.7. The quantitative estimate of drug-likeness (QED) is 0.599. The van der Waals surface area contributed by atoms with Crippen molar-refractivity contribution in [2.24, 2.45) is 0 Å². The van der Waals surface area contributed by atoms with Crippen LogP contribution in [0.15, 0.2) is 41.8 Å². The normalized spacial score (nSPS) is 14.4. The van der Waals surface area contributed by atoms with Gasteiger partial charge in [-0.3, -0.25) is 4.79 Å². The van der Waals surface area contributed by atoms with Crippen molar-refractivity contribution in [3.63, 3.8) is 0 Å². The highest BCUT2D eigenvalue weighted by Gasteiger charge is 2.29. The molecular formula is C21H20N2O3S2. The van der Waals surface area contributed by atoms with Crippen molar-refractivity contribution in [1.82, 2.24) is 9.88 Å². The summed E-state index contributed by atoms with van der Waals surface area (Å²) in [5.41, 5.74) is 2.77. The van der Waals surface area contributed by atoms with E-state index in [1.54, 1.807) is 30.1 Å². The minimum atomic E-state index is -0.825. The van der Waals surface area contributed by atoms with Crippen LogP contribution < -0.4 is 0 Å². The maximum absolute atomic E-state index is 12.7. The van der Waals surface area contributed by atoms with Crippen LogP contribution in [0.5, 0.6) is 0 Å². The van der Waals surface area contributed by atoms with Crippen molar-refractivity contribution in [2.75, 3.05) is 6.54 Å². The first-order chi connectivity index (χ1) is 13.5. The van der Waals surface area contributed by atoms with Crippen molar-refractivity contribution in [1.29, 1.82) is 0 Å². The minimum absolute atomic E-state index is 0.157. The number of aromatic nitrogens is 1. The number of hydrogen-bond donors (Lipinski definition) is 0. The molecule has 2 aromatic heterocycles. The van der Waals surface area contributed by atoms with Crippen molar-refractivity contribution < 1.29 is 14.3 Å². The number of thiophene rings is 1. The zero-order valence-corrected chi connectivity index (χ0v) is 17.3. The summed E-state index contributed by atoms with van der Waals surface area (Å²) in [7, 11) is 0. The molecule has 0 N–H and O–H groups in total. The molecule has 4 rings (SSSR count). The van der Waals surface area contributed by atoms with Crippen LogP contribution in [0.2, 0.25) is 0 Å². The maximum atomic E-state index is 12.7. The van der Waals surface area contributed by atoms with Gasteiger partial charge in [0.05, 0.1) is 5.69 Å². The maximum Gasteiger partial charge on any atom is 0.351 e. The molecule has 144 valence electrons. The van der Waals surface area contributed by atoms with Gasteiger partial charge in [-0.1, -0.05) is 30.3 Å². The number of ether oxygens (including phenoxy) is 1. The van der Waals surface area contributed by atoms with Crippen molar-refractivity contribution >= 4 is 34.6 Å². The number of rotatable bonds is 4. The Bertz CT molecular complexity index is 1010. The molecule has 1 unspecified atom stereocenters. The van der Waals surface area contributed by atoms with Gasteiger partial charge >= 0.3 is 5.97 Å². The van der Waals surface area contributed by atoms with E-state index in [1.165, 1.54) is 21.8 Å². The van der Waals surface area contributed by atoms with Gasteiger partial charge in [-0.05, 0) is 37.3 Å². The van der Waals surface area contributed by atoms with Gasteiger partial charge in [0.1, 0.15) is 9.88 Å². The third-order valence-electron chi connectivity index (χ3n) is 4.75. The molecule has 0 saturated heterocycles. The highest BCUT2D eigenvalue weighted by Crippen LogP contribution is 2.29. The molecule has 0 saturated carbocycles. The highest BCUT2D eigenvalue weighted by molar-refractivity contribution is 7.17. The van der Waals surface area contributed by atoms with Crippen LogP contribution in [-0.4, -0.2) is 34.4 Å². The predicted molar refractivity (Wildman–Crippen MR) is 111 cm³/mol. The predicted octanol–water partition coefficient (Wildman–Crippen LogP) is 4.31. The van der Waals surface area contributed by atoms with Crippen LogP contribution >= 0.6 is 22.7 Å². The van der Waals surface area contributed by atoms with Gasteiger partial charge in [0, 0.05) is 23.5 Å². The largest absolute Gasteiger partial charge is 0.448 e. The molecule has 0 radical (unpaired) electrons. The number of carbonyl (C=O) groups excluding carboxylic acids is 2. The summed E-state index contributed by atoms with van der Waals surface area (Å²) in [6.45, 7) is 4.66. The summed E-state index contributed by atoms with van der Waals surface area (Å²) in [6, 6.07) is 11.8. The van der Waals surface area contributed by atoms with Gasteiger partial charge in [-0.2, -0.15) is 0 Å². The number of fused-ring (bicyclic) bond motifs is 1. The average Bonchev–Trinajstić information content (AvgIpc) is 3.33. The topological polar surface area (TPSA) is 59.5 Å². The van der Waals surface area contributed by atoms with E-state index < -0.39 is 12.1 Å². The van der Waals surface area contributed by atoms with E-state index in [-0.39, 0.29) is 5.91 Å². The summed E-state index contributed by atoms with van der Waals surface area (Å²) in [5, 5.41) is 2.82. The Balaban J connectivity index is 1.43. The van der Waals surface area contributed by atoms with E-state index in [2.05, 4.69) is 16.4 Å². The van der Waals surface area contributed by atoms with Gasteiger partial charge in [-0.25, -0.2) is 9.78 Å². The van der Waals surface area contributed by atoms with Gasteiger partial charge < -0.3 is 9.64 Å². The molecule has 7 heteroatoms. The Morgan fingerprint density at radius 1 is 1.21 bits per heavy atom. The van der Waals surface area contributed by atoms with Crippen LogP contribution in [0.4, 0.5) is 0 Å². The number of thiazole rings is 1. The first-order valence-corrected chi connectivity index (χ1v) is 10.8. The molecular weight excluding hydrogens is 392 g/mol. The molecule has 28 heavy (non-hydrogen) atoms. The molecule has 1 aliphatic heterocycles. The molecule has 3 aromatic rings. The lowest BCUT2D eigenvalue weighted by Gasteiger charge is -2.29. The second kappa shape index (κ2) is 7.85. The van der Waals surface area contributed by atoms with Gasteiger partial charge in [-0.15, -0.1) is 22.7 Å². The lowest BCUT2D eigenvalue weighted by molar-refractivity contribution is -0.140. The summed E-state index contributed by atoms with van der Waals surface area (Å²) < 4.78 is 5.49. The lowest BCUT2D eigenvalue weighted by Crippen LogP contribution is -2.42. The first-order valence-electron chi connectivity index (χ1n) is 9.11. The van der Waals surface area contributed by atoms with Crippen molar-refractivity contribution in [3.8, 4) is 10.6 Å². The number of benzene rings is 1. The van der Waals surface area contributed by atoms with E-state index in [9.17, 15) is 9.59 Å². The third-order valence-corrected chi connectivity index (χ3v) is 6.96. The number of esters is 1. The fraction of sp³-hybridized carbons (Fsp3) is 0.286. The van der Waals surface area contributed by atoms with Crippen molar-refractivity contribution in [2.45, 2.75) is 32.9 Å². The standard InChI is InChI=1S/C21H20N2O3S2/c1-13-18(28-19(22-13)15-6-4-3-5-7-15)21(25)26-14(2)20(24)23-10-8-17-16(12-23)9-11-27-17/h3-7,9,11,14H,8,10,12H2,1-2H3. The summed E-state index contributed by atoms with van der Waals surface area (Å²) in [5.74, 6) is -0.651. The zero-order valence-electron chi connectivity index (χ0n) is 15.7. The first kappa shape index (κ1) is 18.8. The SMILES string of the molecule is Cc1nc(-c2ccccc2)sc1C(=O)OC(C)C(=O)N1CCc2sccc2C1. The van der Waals surface area contributed by atoms with Gasteiger partial charge in [0.15, 0.2) is 6.10 Å². The number of aryl methyl sites for hydroxylation is 1. The smallest absolute Gasteiger partial charge is 0.351 e. The molecule has 3 heterocycles. The number of hydrogen-bond acceptors (Lipinski definition) is 6. The number of nitrogens with zero attached hydrogens (tertiary/aromatic N) is 2. The number of amides is 1. The Morgan fingerprint density at radius 2 is 2.00 bits per heavy atom. The average molecular weight is 413 g/mol. The lowest BCUT2D eigenvalue weighted by atomic mass is 10.1. The van der Waals surface area contributed by atoms with Crippen LogP contribution in [0.1, 0.15) is 32.7 Å². The van der Waals surface area contributed by atoms with E-state index in [1.807, 2.05) is 30.3 Å². The van der Waals surface area contributed by atoms with Crippen LogP contribution in [0, 0.1) is 6.92 Å². The Labute approximate surface area is 171 Å². The molecule has 1 amide bonds. The third kappa shape index (κ3) is 3.72. The molecule has 1 aliphatic rings. The molecule has 1 aromatic carbocycles. The Hall–Kier alpha value is -2.51. The van der Waals surface area contributed by atoms with Gasteiger partial charge in [0.25, 0.3) is 5.91 Å². The Kier molecular flexibility index (Phi) is 5.28. The van der Waals surface area contributed by atoms with E-state index >= 15 is 0 Å². The molecule has 1 atom stereocenters. The minimum Gasteiger partial charge on any atom is -0.448 e. The van der Waals surface area contributed by atoms with Crippen LogP contribution in [-0.2, 0) is 22.5 Å². The monoisotopic (exact) mass is 412 g/mol. The number of carbonyl (C=O) groups is 2. The summed E-state index contributed by atoms with van der Waals surface area (Å²) >= 11 is 3.02. The molecule has 5 nitrogen and oxygen atoms in total. The Morgan fingerprint density at radius 3 is 2.79 bits per heavy atom. The van der Waals surface area contributed by atoms with Crippen LogP contribution in [0.3, 0.4) is 0 Å². The molecule has 0 aliphatic carbocycles. The van der Waals surface area contributed by atoms with Gasteiger partial charge in [0.2, 0.25) is 0 Å². The van der Waals surface area contributed by atoms with E-state index in [0.717, 1.165) is 17.0 Å². The summed E-state index contributed by atoms with van der Waals surface area (Å²) in [6.07, 6.45) is 0.0303. The van der Waals surface area contributed by atoms with E-state index in [4.69, 9.17) is 4.74 Å². The van der Waals surface area contributed by atoms with E-state index in [0.29, 0.717) is 23.7 Å². The fourth-order valence-corrected chi connectivity index (χ4v) is 5.09. The molecule has 0 bridgehead atoms.